The van der Waals surface area contributed by atoms with Crippen molar-refractivity contribution in [3.05, 3.63) is 30.3 Å². The Labute approximate surface area is 162 Å². The minimum absolute atomic E-state index is 0.0000647. The third-order valence-electron chi connectivity index (χ3n) is 5.80. The SMILES string of the molecule is CC(C)(C)CN1CC2(C1)CN(C(=O)Nc1ccccc1)C[C@@H]1COCCN12. The van der Waals surface area contributed by atoms with Gasteiger partial charge in [0.1, 0.15) is 0 Å². The van der Waals surface area contributed by atoms with Gasteiger partial charge >= 0.3 is 6.03 Å². The van der Waals surface area contributed by atoms with Crippen LogP contribution in [0.1, 0.15) is 20.8 Å². The number of morpholine rings is 1. The first-order valence-corrected chi connectivity index (χ1v) is 10.0. The van der Waals surface area contributed by atoms with Gasteiger partial charge in [-0.15, -0.1) is 0 Å². The van der Waals surface area contributed by atoms with Crippen molar-refractivity contribution in [2.24, 2.45) is 5.41 Å². The Balaban J connectivity index is 1.46. The second-order valence-corrected chi connectivity index (χ2v) is 9.53. The second kappa shape index (κ2) is 7.08. The van der Waals surface area contributed by atoms with Crippen LogP contribution in [0.25, 0.3) is 0 Å². The smallest absolute Gasteiger partial charge is 0.321 e. The highest BCUT2D eigenvalue weighted by Crippen LogP contribution is 2.37. The maximum atomic E-state index is 12.9. The number of para-hydroxylation sites is 1. The van der Waals surface area contributed by atoms with E-state index >= 15 is 0 Å². The van der Waals surface area contributed by atoms with Crippen LogP contribution in [0.5, 0.6) is 0 Å². The lowest BCUT2D eigenvalue weighted by Crippen LogP contribution is -2.81. The molecule has 0 aromatic heterocycles. The first-order valence-electron chi connectivity index (χ1n) is 10.0. The first-order chi connectivity index (χ1) is 12.8. The van der Waals surface area contributed by atoms with Gasteiger partial charge in [0.15, 0.2) is 0 Å². The number of carbonyl (C=O) groups is 1. The normalized spacial score (nSPS) is 25.7. The number of nitrogens with one attached hydrogen (secondary N) is 1. The van der Waals surface area contributed by atoms with Crippen LogP contribution in [0.2, 0.25) is 0 Å². The molecule has 0 aliphatic carbocycles. The van der Waals surface area contributed by atoms with Crippen LogP contribution in [0.4, 0.5) is 10.5 Å². The summed E-state index contributed by atoms with van der Waals surface area (Å²) in [6, 6.07) is 10.0. The van der Waals surface area contributed by atoms with E-state index in [0.717, 1.165) is 58.2 Å². The summed E-state index contributed by atoms with van der Waals surface area (Å²) < 4.78 is 5.74. The number of rotatable bonds is 2. The molecule has 0 saturated carbocycles. The molecule has 4 rings (SSSR count). The lowest BCUT2D eigenvalue weighted by molar-refractivity contribution is -0.160. The molecular formula is C21H32N4O2. The molecule has 3 saturated heterocycles. The van der Waals surface area contributed by atoms with Crippen LogP contribution in [0.15, 0.2) is 30.3 Å². The van der Waals surface area contributed by atoms with Gasteiger partial charge in [-0.3, -0.25) is 9.80 Å². The van der Waals surface area contributed by atoms with Crippen molar-refractivity contribution in [1.29, 1.82) is 0 Å². The molecule has 0 radical (unpaired) electrons. The Morgan fingerprint density at radius 3 is 2.67 bits per heavy atom. The third-order valence-corrected chi connectivity index (χ3v) is 5.80. The number of hydrogen-bond donors (Lipinski definition) is 1. The van der Waals surface area contributed by atoms with E-state index < -0.39 is 0 Å². The van der Waals surface area contributed by atoms with Crippen LogP contribution in [-0.2, 0) is 4.74 Å². The number of benzene rings is 1. The summed E-state index contributed by atoms with van der Waals surface area (Å²) in [5.74, 6) is 0. The summed E-state index contributed by atoms with van der Waals surface area (Å²) in [6.45, 7) is 14.1. The Bertz CT molecular complexity index is 667. The first kappa shape index (κ1) is 18.7. The van der Waals surface area contributed by atoms with Gasteiger partial charge in [0, 0.05) is 45.0 Å². The van der Waals surface area contributed by atoms with Gasteiger partial charge < -0.3 is 15.0 Å². The van der Waals surface area contributed by atoms with Gasteiger partial charge in [-0.05, 0) is 17.5 Å². The van der Waals surface area contributed by atoms with Crippen molar-refractivity contribution in [1.82, 2.24) is 14.7 Å². The van der Waals surface area contributed by atoms with Gasteiger partial charge in [0.25, 0.3) is 0 Å². The van der Waals surface area contributed by atoms with Gasteiger partial charge in [-0.1, -0.05) is 39.0 Å². The van der Waals surface area contributed by atoms with Crippen LogP contribution >= 0.6 is 0 Å². The molecule has 1 N–H and O–H groups in total. The molecule has 3 heterocycles. The van der Waals surface area contributed by atoms with Crippen molar-refractivity contribution >= 4 is 11.7 Å². The number of amides is 2. The molecular weight excluding hydrogens is 340 g/mol. The van der Waals surface area contributed by atoms with Crippen molar-refractivity contribution in [3.8, 4) is 0 Å². The van der Waals surface area contributed by atoms with Crippen molar-refractivity contribution in [2.45, 2.75) is 32.4 Å². The van der Waals surface area contributed by atoms with E-state index in [2.05, 4.69) is 35.9 Å². The second-order valence-electron chi connectivity index (χ2n) is 9.53. The largest absolute Gasteiger partial charge is 0.378 e. The van der Waals surface area contributed by atoms with Crippen molar-refractivity contribution < 1.29 is 9.53 Å². The minimum atomic E-state index is 0.0000647. The van der Waals surface area contributed by atoms with Crippen molar-refractivity contribution in [2.75, 3.05) is 57.8 Å². The highest BCUT2D eigenvalue weighted by atomic mass is 16.5. The molecule has 148 valence electrons. The molecule has 1 spiro atoms. The number of ether oxygens (including phenoxy) is 1. The van der Waals surface area contributed by atoms with Crippen molar-refractivity contribution in [3.63, 3.8) is 0 Å². The Kier molecular flexibility index (Phi) is 4.91. The quantitative estimate of drug-likeness (QED) is 0.866. The number of hydrogen-bond acceptors (Lipinski definition) is 4. The zero-order valence-electron chi connectivity index (χ0n) is 16.8. The van der Waals surface area contributed by atoms with E-state index in [9.17, 15) is 4.79 Å². The Morgan fingerprint density at radius 2 is 1.96 bits per heavy atom. The molecule has 6 heteroatoms. The van der Waals surface area contributed by atoms with E-state index in [-0.39, 0.29) is 11.6 Å². The monoisotopic (exact) mass is 372 g/mol. The van der Waals surface area contributed by atoms with Gasteiger partial charge in [0.05, 0.1) is 24.8 Å². The maximum absolute atomic E-state index is 12.9. The topological polar surface area (TPSA) is 48.1 Å². The van der Waals surface area contributed by atoms with E-state index in [1.807, 2.05) is 35.2 Å². The third kappa shape index (κ3) is 3.98. The highest BCUT2D eigenvalue weighted by Gasteiger charge is 2.55. The molecule has 6 nitrogen and oxygen atoms in total. The van der Waals surface area contributed by atoms with E-state index in [0.29, 0.717) is 11.5 Å². The number of fused-ring (bicyclic) bond motifs is 2. The fraction of sp³-hybridized carbons (Fsp3) is 0.667. The number of nitrogens with zero attached hydrogens (tertiary/aromatic N) is 3. The van der Waals surface area contributed by atoms with Crippen LogP contribution < -0.4 is 5.32 Å². The molecule has 27 heavy (non-hydrogen) atoms. The molecule has 0 unspecified atom stereocenters. The summed E-state index contributed by atoms with van der Waals surface area (Å²) in [7, 11) is 0. The molecule has 3 fully saturated rings. The predicted molar refractivity (Wildman–Crippen MR) is 107 cm³/mol. The average molecular weight is 373 g/mol. The zero-order valence-corrected chi connectivity index (χ0v) is 16.8. The standard InChI is InChI=1S/C21H32N4O2/c1-20(2,3)13-23-14-21(15-23)16-24(11-18-12-27-10-9-25(18)21)19(26)22-17-7-5-4-6-8-17/h4-8,18H,9-16H2,1-3H3,(H,22,26)/t18-/m1/s1. The highest BCUT2D eigenvalue weighted by molar-refractivity contribution is 5.89. The fourth-order valence-corrected chi connectivity index (χ4v) is 4.92. The van der Waals surface area contributed by atoms with Gasteiger partial charge in [-0.25, -0.2) is 4.79 Å². The van der Waals surface area contributed by atoms with Gasteiger partial charge in [-0.2, -0.15) is 0 Å². The van der Waals surface area contributed by atoms with Crippen LogP contribution in [0.3, 0.4) is 0 Å². The minimum Gasteiger partial charge on any atom is -0.378 e. The number of piperazine rings is 1. The summed E-state index contributed by atoms with van der Waals surface area (Å²) >= 11 is 0. The summed E-state index contributed by atoms with van der Waals surface area (Å²) in [5, 5.41) is 3.06. The average Bonchev–Trinajstić information content (AvgIpc) is 2.60. The Hall–Kier alpha value is -1.63. The number of likely N-dealkylation sites (tertiary alicyclic amines) is 1. The summed E-state index contributed by atoms with van der Waals surface area (Å²) in [6.07, 6.45) is 0. The molecule has 3 aliphatic heterocycles. The molecule has 3 aliphatic rings. The van der Waals surface area contributed by atoms with E-state index in [1.54, 1.807) is 0 Å². The number of urea groups is 1. The number of anilines is 1. The summed E-state index contributed by atoms with van der Waals surface area (Å²) in [4.78, 5) is 20.1. The van der Waals surface area contributed by atoms with Crippen LogP contribution in [-0.4, -0.2) is 84.8 Å². The predicted octanol–water partition coefficient (Wildman–Crippen LogP) is 2.34. The van der Waals surface area contributed by atoms with E-state index in [4.69, 9.17) is 4.74 Å². The Morgan fingerprint density at radius 1 is 1.22 bits per heavy atom. The molecule has 0 bridgehead atoms. The molecule has 1 aromatic rings. The lowest BCUT2D eigenvalue weighted by Gasteiger charge is -2.63. The van der Waals surface area contributed by atoms with Crippen LogP contribution in [0, 0.1) is 5.41 Å². The zero-order chi connectivity index (χ0) is 19.1. The molecule has 2 amide bonds. The lowest BCUT2D eigenvalue weighted by atomic mass is 9.81. The fourth-order valence-electron chi connectivity index (χ4n) is 4.92. The molecule has 1 atom stereocenters. The number of carbonyl (C=O) groups excluding carboxylic acids is 1. The van der Waals surface area contributed by atoms with E-state index in [1.165, 1.54) is 0 Å². The van der Waals surface area contributed by atoms with Gasteiger partial charge in [0.2, 0.25) is 0 Å². The maximum Gasteiger partial charge on any atom is 0.321 e. The molecule has 1 aromatic carbocycles. The summed E-state index contributed by atoms with van der Waals surface area (Å²) in [5.41, 5.74) is 1.22.